The minimum atomic E-state index is -0.473. The van der Waals surface area contributed by atoms with Gasteiger partial charge < -0.3 is 4.52 Å². The maximum Gasteiger partial charge on any atom is 0.296 e. The number of aryl methyl sites for hydroxylation is 1. The van der Waals surface area contributed by atoms with Crippen LogP contribution in [0.25, 0.3) is 22.2 Å². The molecule has 25 heavy (non-hydrogen) atoms. The largest absolute Gasteiger partial charge is 0.360 e. The van der Waals surface area contributed by atoms with Crippen molar-refractivity contribution < 1.29 is 4.52 Å². The highest BCUT2D eigenvalue weighted by Crippen LogP contribution is 2.27. The first kappa shape index (κ1) is 16.4. The van der Waals surface area contributed by atoms with Crippen molar-refractivity contribution in [2.45, 2.75) is 26.3 Å². The van der Waals surface area contributed by atoms with E-state index in [-0.39, 0.29) is 18.5 Å². The maximum absolute atomic E-state index is 12.7. The van der Waals surface area contributed by atoms with Crippen LogP contribution >= 0.6 is 0 Å². The Hall–Kier alpha value is -3.45. The van der Waals surface area contributed by atoms with Crippen LogP contribution in [0.1, 0.15) is 18.6 Å². The third-order valence-electron chi connectivity index (χ3n) is 3.98. The second-order valence-corrected chi connectivity index (χ2v) is 5.69. The van der Waals surface area contributed by atoms with Gasteiger partial charge in [0.25, 0.3) is 5.56 Å². The molecule has 3 aromatic rings. The van der Waals surface area contributed by atoms with Crippen LogP contribution in [0.15, 0.2) is 39.6 Å². The molecule has 2 aromatic heterocycles. The first-order valence-corrected chi connectivity index (χ1v) is 7.84. The van der Waals surface area contributed by atoms with E-state index in [1.807, 2.05) is 36.4 Å². The quantitative estimate of drug-likeness (QED) is 0.710. The molecule has 0 aliphatic carbocycles. The van der Waals surface area contributed by atoms with Gasteiger partial charge in [0, 0.05) is 12.0 Å². The molecule has 0 fully saturated rings. The number of fused-ring (bicyclic) bond motifs is 1. The fourth-order valence-electron chi connectivity index (χ4n) is 2.70. The van der Waals surface area contributed by atoms with E-state index < -0.39 is 11.5 Å². The summed E-state index contributed by atoms with van der Waals surface area (Å²) in [5.74, 6) is 0.0471. The number of hydrogen-bond donors (Lipinski definition) is 0. The summed E-state index contributed by atoms with van der Waals surface area (Å²) in [5, 5.41) is 26.9. The zero-order valence-corrected chi connectivity index (χ0v) is 13.6. The van der Waals surface area contributed by atoms with Gasteiger partial charge in [0.2, 0.25) is 0 Å². The molecule has 0 spiro atoms. The van der Waals surface area contributed by atoms with Crippen LogP contribution in [0, 0.1) is 35.5 Å². The zero-order valence-electron chi connectivity index (χ0n) is 13.6. The molecule has 0 saturated carbocycles. The smallest absolute Gasteiger partial charge is 0.296 e. The summed E-state index contributed by atoms with van der Waals surface area (Å²) in [7, 11) is 0. The number of benzene rings is 1. The molecule has 3 rings (SSSR count). The Kier molecular flexibility index (Phi) is 4.58. The predicted molar refractivity (Wildman–Crippen MR) is 90.2 cm³/mol. The summed E-state index contributed by atoms with van der Waals surface area (Å²) in [6.07, 6.45) is 0.640. The molecule has 0 bridgehead atoms. The highest BCUT2D eigenvalue weighted by molar-refractivity contribution is 5.92. The second-order valence-electron chi connectivity index (χ2n) is 5.69. The van der Waals surface area contributed by atoms with E-state index in [2.05, 4.69) is 16.3 Å². The van der Waals surface area contributed by atoms with Gasteiger partial charge in [-0.25, -0.2) is 4.68 Å². The molecule has 7 nitrogen and oxygen atoms in total. The normalized spacial score (nSPS) is 11.8. The van der Waals surface area contributed by atoms with Gasteiger partial charge in [-0.3, -0.25) is 4.79 Å². The van der Waals surface area contributed by atoms with Crippen molar-refractivity contribution >= 4 is 10.9 Å². The van der Waals surface area contributed by atoms with E-state index in [4.69, 9.17) is 9.78 Å². The van der Waals surface area contributed by atoms with Gasteiger partial charge in [-0.05, 0) is 13.3 Å². The predicted octanol–water partition coefficient (Wildman–Crippen LogP) is 2.80. The average Bonchev–Trinajstić information content (AvgIpc) is 3.03. The summed E-state index contributed by atoms with van der Waals surface area (Å²) in [6, 6.07) is 13.6. The van der Waals surface area contributed by atoms with E-state index in [0.717, 1.165) is 5.56 Å². The molecule has 0 aliphatic heterocycles. The number of nitriles is 2. The Morgan fingerprint density at radius 3 is 2.72 bits per heavy atom. The van der Waals surface area contributed by atoms with Crippen LogP contribution in [0.4, 0.5) is 0 Å². The molecule has 2 heterocycles. The number of aromatic nitrogens is 3. The molecular formula is C18H15N5O2. The molecule has 1 aromatic carbocycles. The van der Waals surface area contributed by atoms with Crippen LogP contribution in [0.3, 0.4) is 0 Å². The first-order valence-electron chi connectivity index (χ1n) is 7.84. The van der Waals surface area contributed by atoms with Gasteiger partial charge in [-0.1, -0.05) is 35.5 Å². The third kappa shape index (κ3) is 3.13. The molecule has 0 unspecified atom stereocenters. The minimum absolute atomic E-state index is 0.110. The summed E-state index contributed by atoms with van der Waals surface area (Å²) in [5.41, 5.74) is 1.22. The topological polar surface area (TPSA) is 108 Å². The van der Waals surface area contributed by atoms with Crippen molar-refractivity contribution in [1.29, 1.82) is 10.5 Å². The number of rotatable bonds is 5. The second kappa shape index (κ2) is 6.98. The van der Waals surface area contributed by atoms with Crippen molar-refractivity contribution in [2.24, 2.45) is 5.92 Å². The van der Waals surface area contributed by atoms with E-state index >= 15 is 0 Å². The van der Waals surface area contributed by atoms with Gasteiger partial charge in [-0.15, -0.1) is 0 Å². The zero-order chi connectivity index (χ0) is 17.8. The van der Waals surface area contributed by atoms with Crippen molar-refractivity contribution in [3.63, 3.8) is 0 Å². The Bertz CT molecular complexity index is 1040. The molecule has 0 aliphatic rings. The Balaban J connectivity index is 2.15. The maximum atomic E-state index is 12.7. The Morgan fingerprint density at radius 2 is 2.04 bits per heavy atom. The molecule has 0 N–H and O–H groups in total. The molecule has 0 saturated heterocycles. The van der Waals surface area contributed by atoms with Gasteiger partial charge in [0.05, 0.1) is 30.0 Å². The van der Waals surface area contributed by atoms with Gasteiger partial charge >= 0.3 is 0 Å². The fraction of sp³-hybridized carbons (Fsp3) is 0.278. The summed E-state index contributed by atoms with van der Waals surface area (Å²) >= 11 is 0. The molecule has 1 atom stereocenters. The number of nitrogens with zero attached hydrogens (tertiary/aromatic N) is 5. The standard InChI is InChI=1S/C18H15N5O2/c1-12-15-16(14-7-3-2-4-8-14)21-23(18(24)17(15)22-25-12)11-13(10-20)6-5-9-19/h2-4,7-8,13H,5-6,11H2,1H3/t13-/m1/s1. The molecule has 7 heteroatoms. The highest BCUT2D eigenvalue weighted by Gasteiger charge is 2.20. The van der Waals surface area contributed by atoms with Crippen LogP contribution in [0.2, 0.25) is 0 Å². The summed E-state index contributed by atoms with van der Waals surface area (Å²) in [4.78, 5) is 12.7. The van der Waals surface area contributed by atoms with Crippen LogP contribution in [-0.2, 0) is 6.54 Å². The third-order valence-corrected chi connectivity index (χ3v) is 3.98. The average molecular weight is 333 g/mol. The lowest BCUT2D eigenvalue weighted by atomic mass is 10.1. The van der Waals surface area contributed by atoms with Crippen molar-refractivity contribution in [2.75, 3.05) is 0 Å². The van der Waals surface area contributed by atoms with E-state index in [0.29, 0.717) is 23.3 Å². The minimum Gasteiger partial charge on any atom is -0.360 e. The van der Waals surface area contributed by atoms with Gasteiger partial charge in [0.15, 0.2) is 5.52 Å². The molecular weight excluding hydrogens is 318 g/mol. The van der Waals surface area contributed by atoms with Crippen LogP contribution in [-0.4, -0.2) is 14.9 Å². The summed E-state index contributed by atoms with van der Waals surface area (Å²) < 4.78 is 6.45. The molecule has 124 valence electrons. The van der Waals surface area contributed by atoms with E-state index in [1.165, 1.54) is 4.68 Å². The lowest BCUT2D eigenvalue weighted by Gasteiger charge is -2.11. The van der Waals surface area contributed by atoms with Crippen molar-refractivity contribution in [1.82, 2.24) is 14.9 Å². The highest BCUT2D eigenvalue weighted by atomic mass is 16.5. The molecule has 0 radical (unpaired) electrons. The van der Waals surface area contributed by atoms with Crippen LogP contribution in [0.5, 0.6) is 0 Å². The first-order chi connectivity index (χ1) is 12.2. The summed E-state index contributed by atoms with van der Waals surface area (Å²) in [6.45, 7) is 1.84. The fourth-order valence-corrected chi connectivity index (χ4v) is 2.70. The van der Waals surface area contributed by atoms with Crippen LogP contribution < -0.4 is 5.56 Å². The Labute approximate surface area is 143 Å². The lowest BCUT2D eigenvalue weighted by molar-refractivity contribution is 0.404. The van der Waals surface area contributed by atoms with Crippen molar-refractivity contribution in [3.8, 4) is 23.4 Å². The molecule has 0 amide bonds. The van der Waals surface area contributed by atoms with E-state index in [9.17, 15) is 10.1 Å². The van der Waals surface area contributed by atoms with Gasteiger partial charge in [0.1, 0.15) is 11.5 Å². The van der Waals surface area contributed by atoms with Crippen molar-refractivity contribution in [3.05, 3.63) is 46.4 Å². The Morgan fingerprint density at radius 1 is 1.28 bits per heavy atom. The monoisotopic (exact) mass is 333 g/mol. The van der Waals surface area contributed by atoms with E-state index in [1.54, 1.807) is 6.92 Å². The lowest BCUT2D eigenvalue weighted by Crippen LogP contribution is -2.27. The number of hydrogen-bond acceptors (Lipinski definition) is 6. The van der Waals surface area contributed by atoms with Gasteiger partial charge in [-0.2, -0.15) is 15.6 Å². The SMILES string of the molecule is Cc1onc2c(=O)n(C[C@@H](C#N)CCC#N)nc(-c3ccccc3)c12.